The number of ether oxygens (including phenoxy) is 1. The Morgan fingerprint density at radius 3 is 2.64 bits per heavy atom. The second kappa shape index (κ2) is 8.35. The number of aliphatic hydroxyl groups is 1. The number of hydrogen-bond acceptors (Lipinski definition) is 5. The van der Waals surface area contributed by atoms with Gasteiger partial charge in [-0.1, -0.05) is 17.7 Å². The Bertz CT molecular complexity index is 778. The van der Waals surface area contributed by atoms with Gasteiger partial charge in [-0.3, -0.25) is 4.98 Å². The fraction of sp³-hybridized carbons (Fsp3) is 0.250. The highest BCUT2D eigenvalue weighted by atomic mass is 16.5. The molecule has 1 aromatic heterocycles. The number of aromatic hydroxyl groups is 2. The van der Waals surface area contributed by atoms with E-state index < -0.39 is 6.10 Å². The molecule has 0 aliphatic heterocycles. The molecule has 0 aliphatic carbocycles. The number of pyridine rings is 1. The number of aromatic nitrogens is 1. The van der Waals surface area contributed by atoms with Gasteiger partial charge in [0.25, 0.3) is 0 Å². The molecule has 0 spiro atoms. The second-order valence-electron chi connectivity index (χ2n) is 5.88. The lowest BCUT2D eigenvalue weighted by molar-refractivity contribution is 0.217. The van der Waals surface area contributed by atoms with Gasteiger partial charge in [-0.05, 0) is 44.6 Å². The normalized spacial score (nSPS) is 12.2. The highest BCUT2D eigenvalue weighted by Gasteiger charge is 2.22. The van der Waals surface area contributed by atoms with Gasteiger partial charge < -0.3 is 20.1 Å². The first-order valence-electron chi connectivity index (χ1n) is 7.96. The number of rotatable bonds is 6. The van der Waals surface area contributed by atoms with Crippen LogP contribution in [0.2, 0.25) is 0 Å². The van der Waals surface area contributed by atoms with Crippen molar-refractivity contribution >= 4 is 6.08 Å². The third kappa shape index (κ3) is 4.61. The van der Waals surface area contributed by atoms with E-state index in [9.17, 15) is 15.3 Å². The number of methoxy groups -OCH3 is 1. The van der Waals surface area contributed by atoms with Crippen molar-refractivity contribution in [3.8, 4) is 17.2 Å². The maximum atomic E-state index is 10.6. The SMILES string of the molecule is COc1cc(O)c(CC=C(C)C)c(O)c1C(O)C=Cc1ccccn1. The molecule has 0 aliphatic rings. The number of allylic oxidation sites excluding steroid dienone is 2. The number of phenolic OH excluding ortho intramolecular Hbond substituents is 2. The zero-order chi connectivity index (χ0) is 18.4. The molecule has 25 heavy (non-hydrogen) atoms. The molecule has 5 nitrogen and oxygen atoms in total. The Balaban J connectivity index is 2.42. The van der Waals surface area contributed by atoms with Gasteiger partial charge in [-0.25, -0.2) is 0 Å². The molecule has 5 heteroatoms. The first kappa shape index (κ1) is 18.5. The molecule has 0 radical (unpaired) electrons. The van der Waals surface area contributed by atoms with Crippen LogP contribution in [-0.4, -0.2) is 27.4 Å². The maximum Gasteiger partial charge on any atom is 0.132 e. The van der Waals surface area contributed by atoms with Crippen LogP contribution in [0.3, 0.4) is 0 Å². The second-order valence-corrected chi connectivity index (χ2v) is 5.88. The zero-order valence-corrected chi connectivity index (χ0v) is 14.6. The summed E-state index contributed by atoms with van der Waals surface area (Å²) in [6.45, 7) is 3.87. The minimum absolute atomic E-state index is 0.0727. The van der Waals surface area contributed by atoms with E-state index in [1.54, 1.807) is 24.4 Å². The summed E-state index contributed by atoms with van der Waals surface area (Å²) in [6.07, 6.45) is 5.97. The van der Waals surface area contributed by atoms with E-state index >= 15 is 0 Å². The van der Waals surface area contributed by atoms with Gasteiger partial charge in [0.15, 0.2) is 0 Å². The van der Waals surface area contributed by atoms with E-state index in [0.29, 0.717) is 17.7 Å². The smallest absolute Gasteiger partial charge is 0.132 e. The van der Waals surface area contributed by atoms with Crippen molar-refractivity contribution in [2.75, 3.05) is 7.11 Å². The quantitative estimate of drug-likeness (QED) is 0.697. The predicted octanol–water partition coefficient (Wildman–Crippen LogP) is 3.76. The van der Waals surface area contributed by atoms with Gasteiger partial charge in [-0.15, -0.1) is 0 Å². The lowest BCUT2D eigenvalue weighted by atomic mass is 9.98. The minimum atomic E-state index is -1.11. The third-order valence-corrected chi connectivity index (χ3v) is 3.75. The van der Waals surface area contributed by atoms with Crippen molar-refractivity contribution in [1.29, 1.82) is 0 Å². The molecule has 0 saturated carbocycles. The Labute approximate surface area is 147 Å². The van der Waals surface area contributed by atoms with E-state index in [-0.39, 0.29) is 22.8 Å². The van der Waals surface area contributed by atoms with E-state index in [1.807, 2.05) is 26.0 Å². The fourth-order valence-corrected chi connectivity index (χ4v) is 2.41. The topological polar surface area (TPSA) is 82.8 Å². The van der Waals surface area contributed by atoms with Gasteiger partial charge in [0.2, 0.25) is 0 Å². The first-order valence-corrected chi connectivity index (χ1v) is 7.96. The molecule has 2 aromatic rings. The summed E-state index contributed by atoms with van der Waals surface area (Å²) in [5, 5.41) is 31.3. The lowest BCUT2D eigenvalue weighted by Crippen LogP contribution is -2.01. The highest BCUT2D eigenvalue weighted by molar-refractivity contribution is 5.59. The van der Waals surface area contributed by atoms with Crippen LogP contribution in [0.4, 0.5) is 0 Å². The van der Waals surface area contributed by atoms with Crippen molar-refractivity contribution in [3.63, 3.8) is 0 Å². The summed E-state index contributed by atoms with van der Waals surface area (Å²) < 4.78 is 5.22. The summed E-state index contributed by atoms with van der Waals surface area (Å²) >= 11 is 0. The number of aliphatic hydroxyl groups excluding tert-OH is 1. The van der Waals surface area contributed by atoms with Gasteiger partial charge in [-0.2, -0.15) is 0 Å². The molecular weight excluding hydrogens is 318 g/mol. The molecule has 1 unspecified atom stereocenters. The van der Waals surface area contributed by atoms with Gasteiger partial charge in [0, 0.05) is 17.8 Å². The Hall–Kier alpha value is -2.79. The number of phenols is 2. The van der Waals surface area contributed by atoms with Gasteiger partial charge in [0.05, 0.1) is 18.4 Å². The van der Waals surface area contributed by atoms with Crippen molar-refractivity contribution in [3.05, 3.63) is 65.0 Å². The van der Waals surface area contributed by atoms with Crippen LogP contribution >= 0.6 is 0 Å². The molecule has 132 valence electrons. The molecule has 0 fully saturated rings. The average molecular weight is 341 g/mol. The Morgan fingerprint density at radius 2 is 2.04 bits per heavy atom. The Kier molecular flexibility index (Phi) is 6.19. The summed E-state index contributed by atoms with van der Waals surface area (Å²) in [5.74, 6) is -0.0295. The van der Waals surface area contributed by atoms with Crippen molar-refractivity contribution in [2.45, 2.75) is 26.4 Å². The van der Waals surface area contributed by atoms with E-state index in [0.717, 1.165) is 5.57 Å². The van der Waals surface area contributed by atoms with Crippen LogP contribution in [0, 0.1) is 0 Å². The van der Waals surface area contributed by atoms with Gasteiger partial charge in [0.1, 0.15) is 23.4 Å². The molecule has 0 amide bonds. The van der Waals surface area contributed by atoms with Gasteiger partial charge >= 0.3 is 0 Å². The molecule has 3 N–H and O–H groups in total. The molecule has 0 bridgehead atoms. The number of nitrogens with zero attached hydrogens (tertiary/aromatic N) is 1. The van der Waals surface area contributed by atoms with E-state index in [2.05, 4.69) is 4.98 Å². The minimum Gasteiger partial charge on any atom is -0.507 e. The molecule has 0 saturated heterocycles. The summed E-state index contributed by atoms with van der Waals surface area (Å²) in [6, 6.07) is 6.85. The summed E-state index contributed by atoms with van der Waals surface area (Å²) in [4.78, 5) is 4.15. The van der Waals surface area contributed by atoms with Crippen LogP contribution in [0.1, 0.15) is 36.8 Å². The molecule has 1 aromatic carbocycles. The fourth-order valence-electron chi connectivity index (χ4n) is 2.41. The third-order valence-electron chi connectivity index (χ3n) is 3.75. The van der Waals surface area contributed by atoms with E-state index in [4.69, 9.17) is 4.74 Å². The summed E-state index contributed by atoms with van der Waals surface area (Å²) in [7, 11) is 1.42. The number of benzene rings is 1. The highest BCUT2D eigenvalue weighted by Crippen LogP contribution is 2.42. The van der Waals surface area contributed by atoms with Crippen LogP contribution < -0.4 is 4.74 Å². The Morgan fingerprint density at radius 1 is 1.28 bits per heavy atom. The predicted molar refractivity (Wildman–Crippen MR) is 97.7 cm³/mol. The van der Waals surface area contributed by atoms with Crippen molar-refractivity contribution in [2.24, 2.45) is 0 Å². The van der Waals surface area contributed by atoms with Crippen molar-refractivity contribution < 1.29 is 20.1 Å². The standard InChI is InChI=1S/C20H23NO4/c1-13(2)7-9-15-17(23)12-18(25-3)19(20(15)24)16(22)10-8-14-6-4-5-11-21-14/h4-8,10-12,16,22-24H,9H2,1-3H3. The summed E-state index contributed by atoms with van der Waals surface area (Å²) in [5.41, 5.74) is 2.31. The first-order chi connectivity index (χ1) is 11.9. The lowest BCUT2D eigenvalue weighted by Gasteiger charge is -2.17. The average Bonchev–Trinajstić information content (AvgIpc) is 2.59. The van der Waals surface area contributed by atoms with Crippen molar-refractivity contribution in [1.82, 2.24) is 4.98 Å². The van der Waals surface area contributed by atoms with Crippen LogP contribution in [0.25, 0.3) is 6.08 Å². The zero-order valence-electron chi connectivity index (χ0n) is 14.6. The largest absolute Gasteiger partial charge is 0.507 e. The molecule has 2 rings (SSSR count). The molecule has 1 atom stereocenters. The monoisotopic (exact) mass is 341 g/mol. The molecule has 1 heterocycles. The van der Waals surface area contributed by atoms with E-state index in [1.165, 1.54) is 19.3 Å². The molecular formula is C20H23NO4. The van der Waals surface area contributed by atoms with Crippen LogP contribution in [0.5, 0.6) is 17.2 Å². The van der Waals surface area contributed by atoms with Crippen LogP contribution in [-0.2, 0) is 6.42 Å². The maximum absolute atomic E-state index is 10.6. The van der Waals surface area contributed by atoms with Crippen LogP contribution in [0.15, 0.2) is 48.2 Å². The number of hydrogen-bond donors (Lipinski definition) is 3.